The highest BCUT2D eigenvalue weighted by Crippen LogP contribution is 2.16. The summed E-state index contributed by atoms with van der Waals surface area (Å²) in [5.41, 5.74) is 2.69. The number of aliphatic hydroxyl groups excluding tert-OH is 1. The molecule has 0 saturated heterocycles. The summed E-state index contributed by atoms with van der Waals surface area (Å²) in [6.07, 6.45) is 8.75. The van der Waals surface area contributed by atoms with Crippen molar-refractivity contribution in [1.82, 2.24) is 0 Å². The van der Waals surface area contributed by atoms with Crippen molar-refractivity contribution in [2.24, 2.45) is 0 Å². The molecule has 17 heavy (non-hydrogen) atoms. The van der Waals surface area contributed by atoms with Crippen molar-refractivity contribution in [2.75, 3.05) is 6.61 Å². The smallest absolute Gasteiger partial charge is 0.0431 e. The summed E-state index contributed by atoms with van der Waals surface area (Å²) >= 11 is 0. The van der Waals surface area contributed by atoms with Crippen molar-refractivity contribution in [2.45, 2.75) is 45.4 Å². The summed E-state index contributed by atoms with van der Waals surface area (Å²) < 4.78 is 0. The molecule has 1 rings (SSSR count). The van der Waals surface area contributed by atoms with E-state index in [1.165, 1.54) is 17.5 Å². The number of benzene rings is 1. The van der Waals surface area contributed by atoms with Crippen LogP contribution < -0.4 is 0 Å². The number of rotatable bonds is 7. The molecule has 0 amide bonds. The van der Waals surface area contributed by atoms with Gasteiger partial charge in [-0.3, -0.25) is 0 Å². The fourth-order valence-corrected chi connectivity index (χ4v) is 1.79. The molecule has 0 heterocycles. The molecule has 0 spiro atoms. The molecule has 94 valence electrons. The van der Waals surface area contributed by atoms with Crippen LogP contribution in [0.15, 0.2) is 30.3 Å². The summed E-state index contributed by atoms with van der Waals surface area (Å²) in [6.45, 7) is 4.76. The van der Waals surface area contributed by atoms with Crippen LogP contribution in [-0.4, -0.2) is 11.7 Å². The molecular weight excluding hydrogens is 208 g/mol. The second-order valence-electron chi connectivity index (χ2n) is 4.80. The highest BCUT2D eigenvalue weighted by atomic mass is 16.2. The first kappa shape index (κ1) is 14.0. The van der Waals surface area contributed by atoms with E-state index in [1.807, 2.05) is 0 Å². The van der Waals surface area contributed by atoms with E-state index in [9.17, 15) is 0 Å². The number of allylic oxidation sites excluding steroid dienone is 1. The van der Waals surface area contributed by atoms with Crippen LogP contribution in [0.3, 0.4) is 0 Å². The van der Waals surface area contributed by atoms with Crippen LogP contribution in [0.2, 0.25) is 0 Å². The fraction of sp³-hybridized carbons (Fsp3) is 0.500. The Labute approximate surface area is 105 Å². The molecule has 1 nitrogen and oxygen atoms in total. The van der Waals surface area contributed by atoms with E-state index in [-0.39, 0.29) is 0 Å². The summed E-state index contributed by atoms with van der Waals surface area (Å²) in [4.78, 5) is 0. The third-order valence-corrected chi connectivity index (χ3v) is 2.92. The zero-order chi connectivity index (χ0) is 12.5. The lowest BCUT2D eigenvalue weighted by Gasteiger charge is -2.05. The Morgan fingerprint density at radius 1 is 1.18 bits per heavy atom. The normalized spacial score (nSPS) is 11.5. The molecular formula is C16H24O. The van der Waals surface area contributed by atoms with Gasteiger partial charge in [-0.1, -0.05) is 56.7 Å². The molecule has 1 aromatic carbocycles. The largest absolute Gasteiger partial charge is 0.396 e. The van der Waals surface area contributed by atoms with E-state index in [1.54, 1.807) is 0 Å². The monoisotopic (exact) mass is 232 g/mol. The molecule has 0 bridgehead atoms. The van der Waals surface area contributed by atoms with E-state index in [0.29, 0.717) is 12.5 Å². The van der Waals surface area contributed by atoms with Crippen LogP contribution >= 0.6 is 0 Å². The third-order valence-electron chi connectivity index (χ3n) is 2.92. The van der Waals surface area contributed by atoms with Crippen LogP contribution in [0.5, 0.6) is 0 Å². The molecule has 1 aromatic rings. The molecule has 0 aliphatic rings. The summed E-state index contributed by atoms with van der Waals surface area (Å²) in [5, 5.41) is 8.67. The summed E-state index contributed by atoms with van der Waals surface area (Å²) in [7, 11) is 0. The Morgan fingerprint density at radius 2 is 2.00 bits per heavy atom. The van der Waals surface area contributed by atoms with Gasteiger partial charge in [-0.05, 0) is 36.3 Å². The van der Waals surface area contributed by atoms with Gasteiger partial charge in [-0.2, -0.15) is 0 Å². The highest BCUT2D eigenvalue weighted by molar-refractivity contribution is 5.50. The molecule has 0 aromatic heterocycles. The molecule has 0 fully saturated rings. The average molecular weight is 232 g/mol. The first-order chi connectivity index (χ1) is 8.24. The molecule has 0 aliphatic carbocycles. The fourth-order valence-electron chi connectivity index (χ4n) is 1.79. The summed E-state index contributed by atoms with van der Waals surface area (Å²) in [6, 6.07) is 8.72. The van der Waals surface area contributed by atoms with Crippen LogP contribution in [-0.2, 0) is 0 Å². The van der Waals surface area contributed by atoms with Crippen LogP contribution in [0.4, 0.5) is 0 Å². The molecule has 1 N–H and O–H groups in total. The van der Waals surface area contributed by atoms with Crippen LogP contribution in [0.25, 0.3) is 6.08 Å². The molecule has 0 saturated carbocycles. The zero-order valence-corrected chi connectivity index (χ0v) is 11.0. The summed E-state index contributed by atoms with van der Waals surface area (Å²) in [5.74, 6) is 0.591. The second-order valence-corrected chi connectivity index (χ2v) is 4.80. The SMILES string of the molecule is CC(C)c1cccc(C=CCCCCCO)c1. The maximum absolute atomic E-state index is 8.67. The van der Waals surface area contributed by atoms with E-state index < -0.39 is 0 Å². The Balaban J connectivity index is 2.40. The first-order valence-corrected chi connectivity index (χ1v) is 6.61. The van der Waals surface area contributed by atoms with Gasteiger partial charge in [0.2, 0.25) is 0 Å². The van der Waals surface area contributed by atoms with Gasteiger partial charge in [0.25, 0.3) is 0 Å². The molecule has 0 atom stereocenters. The van der Waals surface area contributed by atoms with E-state index >= 15 is 0 Å². The Hall–Kier alpha value is -1.08. The predicted octanol–water partition coefficient (Wildman–Crippen LogP) is 4.38. The lowest BCUT2D eigenvalue weighted by molar-refractivity contribution is 0.283. The lowest BCUT2D eigenvalue weighted by Crippen LogP contribution is -1.86. The van der Waals surface area contributed by atoms with E-state index in [2.05, 4.69) is 50.3 Å². The van der Waals surface area contributed by atoms with E-state index in [0.717, 1.165) is 19.3 Å². The topological polar surface area (TPSA) is 20.2 Å². The van der Waals surface area contributed by atoms with Gasteiger partial charge in [0, 0.05) is 6.61 Å². The van der Waals surface area contributed by atoms with Crippen molar-refractivity contribution >= 4 is 6.08 Å². The maximum Gasteiger partial charge on any atom is 0.0431 e. The van der Waals surface area contributed by atoms with Gasteiger partial charge >= 0.3 is 0 Å². The lowest BCUT2D eigenvalue weighted by atomic mass is 10.0. The minimum absolute atomic E-state index is 0.320. The van der Waals surface area contributed by atoms with Gasteiger partial charge in [-0.25, -0.2) is 0 Å². The van der Waals surface area contributed by atoms with Gasteiger partial charge < -0.3 is 5.11 Å². The molecule has 1 heteroatoms. The number of hydrogen-bond acceptors (Lipinski definition) is 1. The van der Waals surface area contributed by atoms with Crippen molar-refractivity contribution in [1.29, 1.82) is 0 Å². The molecule has 0 radical (unpaired) electrons. The minimum atomic E-state index is 0.320. The van der Waals surface area contributed by atoms with Crippen molar-refractivity contribution in [3.63, 3.8) is 0 Å². The number of unbranched alkanes of at least 4 members (excludes halogenated alkanes) is 3. The van der Waals surface area contributed by atoms with Crippen molar-refractivity contribution in [3.05, 3.63) is 41.5 Å². The Kier molecular flexibility index (Phi) is 6.64. The maximum atomic E-state index is 8.67. The zero-order valence-electron chi connectivity index (χ0n) is 11.0. The standard InChI is InChI=1S/C16H24O/c1-14(2)16-11-8-10-15(13-16)9-6-4-3-5-7-12-17/h6,8-11,13-14,17H,3-5,7,12H2,1-2H3. The average Bonchev–Trinajstić information content (AvgIpc) is 2.34. The third kappa shape index (κ3) is 5.69. The minimum Gasteiger partial charge on any atom is -0.396 e. The van der Waals surface area contributed by atoms with Gasteiger partial charge in [0.15, 0.2) is 0 Å². The molecule has 0 unspecified atom stereocenters. The van der Waals surface area contributed by atoms with Crippen molar-refractivity contribution < 1.29 is 5.11 Å². The van der Waals surface area contributed by atoms with Gasteiger partial charge in [0.05, 0.1) is 0 Å². The van der Waals surface area contributed by atoms with Crippen molar-refractivity contribution in [3.8, 4) is 0 Å². The quantitative estimate of drug-likeness (QED) is 0.692. The second kappa shape index (κ2) is 8.08. The van der Waals surface area contributed by atoms with Gasteiger partial charge in [0.1, 0.15) is 0 Å². The van der Waals surface area contributed by atoms with E-state index in [4.69, 9.17) is 5.11 Å². The highest BCUT2D eigenvalue weighted by Gasteiger charge is 1.97. The molecule has 0 aliphatic heterocycles. The Bertz CT molecular complexity index is 339. The number of aliphatic hydroxyl groups is 1. The van der Waals surface area contributed by atoms with Crippen LogP contribution in [0.1, 0.15) is 56.6 Å². The predicted molar refractivity (Wildman–Crippen MR) is 75.1 cm³/mol. The first-order valence-electron chi connectivity index (χ1n) is 6.61. The Morgan fingerprint density at radius 3 is 2.71 bits per heavy atom. The number of hydrogen-bond donors (Lipinski definition) is 1. The van der Waals surface area contributed by atoms with Gasteiger partial charge in [-0.15, -0.1) is 0 Å². The van der Waals surface area contributed by atoms with Crippen LogP contribution in [0, 0.1) is 0 Å².